The molecule has 3 aliphatic rings. The van der Waals surface area contributed by atoms with Crippen LogP contribution < -0.4 is 10.6 Å². The molecule has 3 aliphatic heterocycles. The van der Waals surface area contributed by atoms with Crippen molar-refractivity contribution < 1.29 is 28.3 Å². The van der Waals surface area contributed by atoms with Gasteiger partial charge in [-0.05, 0) is 13.0 Å². The molecule has 3 saturated heterocycles. The molecule has 0 radical (unpaired) electrons. The molecule has 2 N–H and O–H groups in total. The Hall–Kier alpha value is -2.90. The fourth-order valence-electron chi connectivity index (χ4n) is 4.69. The number of hydrogen-bond donors (Lipinski definition) is 2. The van der Waals surface area contributed by atoms with Crippen LogP contribution >= 0.6 is 11.8 Å². The van der Waals surface area contributed by atoms with E-state index in [1.807, 2.05) is 0 Å². The zero-order chi connectivity index (χ0) is 26.0. The molecule has 0 aliphatic carbocycles. The Balaban J connectivity index is 1.46. The number of nitrogens with one attached hydrogen (secondary N) is 2. The maximum atomic E-state index is 14.6. The zero-order valence-electron chi connectivity index (χ0n) is 20.5. The molecule has 196 valence electrons. The van der Waals surface area contributed by atoms with Crippen molar-refractivity contribution in [3.05, 3.63) is 35.6 Å². The van der Waals surface area contributed by atoms with Gasteiger partial charge < -0.3 is 19.4 Å². The number of carbonyl (C=O) groups is 4. The van der Waals surface area contributed by atoms with Crippen LogP contribution in [0.2, 0.25) is 0 Å². The number of urea groups is 1. The average molecular weight is 523 g/mol. The molecule has 4 unspecified atom stereocenters. The second-order valence-electron chi connectivity index (χ2n) is 8.85. The van der Waals surface area contributed by atoms with Crippen molar-refractivity contribution in [1.82, 2.24) is 30.2 Å². The lowest BCUT2D eigenvalue weighted by Crippen LogP contribution is -2.72. The van der Waals surface area contributed by atoms with Gasteiger partial charge in [-0.2, -0.15) is 0 Å². The summed E-state index contributed by atoms with van der Waals surface area (Å²) >= 11 is 1.26. The van der Waals surface area contributed by atoms with Crippen LogP contribution in [0.1, 0.15) is 18.7 Å². The smallest absolute Gasteiger partial charge is 0.409 e. The molecule has 0 spiro atoms. The average Bonchev–Trinajstić information content (AvgIpc) is 2.89. The Morgan fingerprint density at radius 3 is 2.42 bits per heavy atom. The molecule has 4 rings (SSSR count). The van der Waals surface area contributed by atoms with Crippen molar-refractivity contribution in [2.45, 2.75) is 24.6 Å². The van der Waals surface area contributed by atoms with Crippen molar-refractivity contribution in [3.63, 3.8) is 0 Å². The van der Waals surface area contributed by atoms with E-state index < -0.39 is 35.5 Å². The van der Waals surface area contributed by atoms with Gasteiger partial charge in [0.25, 0.3) is 0 Å². The number of halogens is 1. The first-order valence-electron chi connectivity index (χ1n) is 11.8. The minimum absolute atomic E-state index is 0.0823. The molecule has 4 atom stereocenters. The molecular weight excluding hydrogens is 491 g/mol. The topological polar surface area (TPSA) is 115 Å². The number of thioether (sulfide) groups is 1. The van der Waals surface area contributed by atoms with Crippen molar-refractivity contribution in [3.8, 4) is 0 Å². The van der Waals surface area contributed by atoms with Crippen LogP contribution in [0.5, 0.6) is 0 Å². The third kappa shape index (κ3) is 5.13. The number of amides is 5. The predicted octanol–water partition coefficient (Wildman–Crippen LogP) is 0.843. The summed E-state index contributed by atoms with van der Waals surface area (Å²) in [5, 5.41) is 5.92. The number of hydrogen-bond acceptors (Lipinski definition) is 8. The molecule has 0 bridgehead atoms. The van der Waals surface area contributed by atoms with Crippen LogP contribution in [-0.2, 0) is 14.3 Å². The van der Waals surface area contributed by atoms with Gasteiger partial charge in [0, 0.05) is 45.8 Å². The van der Waals surface area contributed by atoms with Crippen LogP contribution in [0.4, 0.5) is 14.0 Å². The van der Waals surface area contributed by atoms with E-state index in [9.17, 15) is 23.6 Å². The minimum Gasteiger partial charge on any atom is -0.450 e. The summed E-state index contributed by atoms with van der Waals surface area (Å²) < 4.78 is 19.6. The maximum Gasteiger partial charge on any atom is 0.409 e. The minimum atomic E-state index is -0.681. The fourth-order valence-corrected chi connectivity index (χ4v) is 5.90. The fraction of sp³-hybridized carbons (Fsp3) is 0.565. The highest BCUT2D eigenvalue weighted by molar-refractivity contribution is 8.00. The van der Waals surface area contributed by atoms with Crippen LogP contribution in [0.15, 0.2) is 24.3 Å². The highest BCUT2D eigenvalue weighted by atomic mass is 32.2. The van der Waals surface area contributed by atoms with E-state index in [2.05, 4.69) is 10.6 Å². The van der Waals surface area contributed by atoms with E-state index in [4.69, 9.17) is 4.74 Å². The summed E-state index contributed by atoms with van der Waals surface area (Å²) in [4.78, 5) is 56.3. The number of imide groups is 1. The Labute approximate surface area is 213 Å². The lowest BCUT2D eigenvalue weighted by Gasteiger charge is -2.50. The van der Waals surface area contributed by atoms with Gasteiger partial charge in [-0.25, -0.2) is 14.0 Å². The molecule has 1 aromatic rings. The lowest BCUT2D eigenvalue weighted by atomic mass is 9.96. The molecule has 1 aromatic carbocycles. The number of rotatable bonds is 5. The molecule has 3 fully saturated rings. The van der Waals surface area contributed by atoms with E-state index in [0.717, 1.165) is 4.90 Å². The number of ether oxygens (including phenoxy) is 1. The molecule has 3 heterocycles. The summed E-state index contributed by atoms with van der Waals surface area (Å²) in [7, 11) is 3.02. The van der Waals surface area contributed by atoms with Crippen molar-refractivity contribution in [2.24, 2.45) is 5.92 Å². The van der Waals surface area contributed by atoms with E-state index in [0.29, 0.717) is 38.3 Å². The highest BCUT2D eigenvalue weighted by Gasteiger charge is 2.51. The Kier molecular flexibility index (Phi) is 8.00. The molecule has 36 heavy (non-hydrogen) atoms. The molecule has 5 amide bonds. The lowest BCUT2D eigenvalue weighted by molar-refractivity contribution is -0.140. The second-order valence-corrected chi connectivity index (χ2v) is 9.98. The highest BCUT2D eigenvalue weighted by Crippen LogP contribution is 2.35. The molecule has 13 heteroatoms. The normalized spacial score (nSPS) is 26.7. The van der Waals surface area contributed by atoms with E-state index in [1.165, 1.54) is 29.8 Å². The first kappa shape index (κ1) is 26.2. The van der Waals surface area contributed by atoms with Crippen molar-refractivity contribution in [1.29, 1.82) is 0 Å². The van der Waals surface area contributed by atoms with Gasteiger partial charge >= 0.3 is 12.1 Å². The Morgan fingerprint density at radius 2 is 1.75 bits per heavy atom. The van der Waals surface area contributed by atoms with Crippen LogP contribution in [-0.4, -0.2) is 108 Å². The maximum absolute atomic E-state index is 14.6. The predicted molar refractivity (Wildman–Crippen MR) is 130 cm³/mol. The number of piperazine rings is 1. The Morgan fingerprint density at radius 1 is 1.08 bits per heavy atom. The second kappa shape index (κ2) is 11.0. The summed E-state index contributed by atoms with van der Waals surface area (Å²) in [6.07, 6.45) is -1.73. The van der Waals surface area contributed by atoms with E-state index >= 15 is 0 Å². The van der Waals surface area contributed by atoms with Crippen LogP contribution in [0.25, 0.3) is 0 Å². The van der Waals surface area contributed by atoms with Crippen molar-refractivity contribution in [2.75, 3.05) is 52.6 Å². The monoisotopic (exact) mass is 522 g/mol. The third-order valence-corrected chi connectivity index (χ3v) is 7.92. The third-order valence-electron chi connectivity index (χ3n) is 6.72. The van der Waals surface area contributed by atoms with Gasteiger partial charge in [0.05, 0.1) is 36.0 Å². The molecule has 0 saturated carbocycles. The molecule has 11 nitrogen and oxygen atoms in total. The van der Waals surface area contributed by atoms with E-state index in [1.54, 1.807) is 42.0 Å². The van der Waals surface area contributed by atoms with Gasteiger partial charge in [-0.15, -0.1) is 11.8 Å². The van der Waals surface area contributed by atoms with Crippen molar-refractivity contribution >= 4 is 35.7 Å². The summed E-state index contributed by atoms with van der Waals surface area (Å²) in [6, 6.07) is 5.83. The number of nitrogens with zero attached hydrogens (tertiary/aromatic N) is 4. The molecule has 0 aromatic heterocycles. The summed E-state index contributed by atoms with van der Waals surface area (Å²) in [5.41, 5.74) is 0.357. The van der Waals surface area contributed by atoms with Crippen LogP contribution in [0, 0.1) is 11.7 Å². The van der Waals surface area contributed by atoms with E-state index in [-0.39, 0.29) is 23.7 Å². The number of fused-ring (bicyclic) bond motifs is 1. The van der Waals surface area contributed by atoms with Crippen LogP contribution in [0.3, 0.4) is 0 Å². The summed E-state index contributed by atoms with van der Waals surface area (Å²) in [6.45, 7) is 3.59. The zero-order valence-corrected chi connectivity index (χ0v) is 21.3. The van der Waals surface area contributed by atoms with Gasteiger partial charge in [-0.1, -0.05) is 18.2 Å². The molecular formula is C23H31FN6O5S. The van der Waals surface area contributed by atoms with Gasteiger partial charge in [0.15, 0.2) is 0 Å². The first-order valence-corrected chi connectivity index (χ1v) is 12.9. The van der Waals surface area contributed by atoms with Gasteiger partial charge in [-0.3, -0.25) is 25.1 Å². The summed E-state index contributed by atoms with van der Waals surface area (Å²) in [5.74, 6) is -1.52. The number of benzene rings is 1. The quantitative estimate of drug-likeness (QED) is 0.585. The first-order chi connectivity index (χ1) is 17.2. The standard InChI is InChI=1S/C23H31FN6O5S/c1-4-35-23(34)30-11-9-29(10-12-30)16(31)13-36-20-17-19(27(2)22(33)28(3)21(17)32)25-18(26-20)14-7-5-6-8-15(14)24/h5-8,17-20,25-26H,4,9-13H2,1-3H3. The SMILES string of the molecule is CCOC(=O)N1CCN(C(=O)CSC2NC(c3ccccc3F)NC3C2C(=O)N(C)C(=O)N3C)CC1. The van der Waals surface area contributed by atoms with Gasteiger partial charge in [0.2, 0.25) is 11.8 Å². The Bertz CT molecular complexity index is 1020. The number of carbonyl (C=O) groups excluding carboxylic acids is 4. The largest absolute Gasteiger partial charge is 0.450 e. The van der Waals surface area contributed by atoms with Gasteiger partial charge in [0.1, 0.15) is 5.82 Å².